The Morgan fingerprint density at radius 2 is 2.07 bits per heavy atom. The molecule has 4 heteroatoms. The third kappa shape index (κ3) is 2.61. The number of hydrogen-bond acceptors (Lipinski definition) is 2. The van der Waals surface area contributed by atoms with Crippen molar-refractivity contribution >= 4 is 15.9 Å². The second-order valence-corrected chi connectivity index (χ2v) is 5.02. The van der Waals surface area contributed by atoms with Gasteiger partial charge in [0.2, 0.25) is 0 Å². The summed E-state index contributed by atoms with van der Waals surface area (Å²) in [4.78, 5) is 7.97. The van der Waals surface area contributed by atoms with Gasteiger partial charge in [-0.05, 0) is 35.3 Å². The van der Waals surface area contributed by atoms with Gasteiger partial charge in [-0.15, -0.1) is 0 Å². The summed E-state index contributed by atoms with van der Waals surface area (Å²) in [6, 6.07) is 0. The second-order valence-electron chi connectivity index (χ2n) is 4.27. The van der Waals surface area contributed by atoms with Gasteiger partial charge in [-0.2, -0.15) is 0 Å². The Hall–Kier alpha value is -0.350. The Labute approximate surface area is 99.0 Å². The fraction of sp³-hybridized carbons (Fsp3) is 0.727. The van der Waals surface area contributed by atoms with Crippen LogP contribution in [0.5, 0.6) is 0 Å². The topological polar surface area (TPSA) is 54.7 Å². The molecule has 1 aromatic heterocycles. The highest BCUT2D eigenvalue weighted by Gasteiger charge is 2.19. The molecule has 0 aromatic carbocycles. The average molecular weight is 272 g/mol. The van der Waals surface area contributed by atoms with Crippen molar-refractivity contribution in [3.8, 4) is 0 Å². The lowest BCUT2D eigenvalue weighted by molar-refractivity contribution is 0.430. The summed E-state index contributed by atoms with van der Waals surface area (Å²) in [5.74, 6) is 1.80. The van der Waals surface area contributed by atoms with Gasteiger partial charge in [0.05, 0.1) is 5.69 Å². The quantitative estimate of drug-likeness (QED) is 0.888. The second kappa shape index (κ2) is 5.12. The zero-order valence-electron chi connectivity index (χ0n) is 8.93. The van der Waals surface area contributed by atoms with Gasteiger partial charge in [-0.25, -0.2) is 4.98 Å². The van der Waals surface area contributed by atoms with Crippen molar-refractivity contribution in [1.82, 2.24) is 9.97 Å². The van der Waals surface area contributed by atoms with Crippen LogP contribution in [0, 0.1) is 0 Å². The smallest absolute Gasteiger partial charge is 0.127 e. The summed E-state index contributed by atoms with van der Waals surface area (Å²) in [7, 11) is 0. The number of aromatic nitrogens is 2. The normalized spacial score (nSPS) is 18.3. The van der Waals surface area contributed by atoms with Gasteiger partial charge in [0, 0.05) is 12.3 Å². The first-order chi connectivity index (χ1) is 7.31. The number of nitrogens with one attached hydrogen (secondary N) is 1. The number of nitrogens with zero attached hydrogens (tertiary/aromatic N) is 1. The molecule has 1 aliphatic carbocycles. The van der Waals surface area contributed by atoms with Gasteiger partial charge in [0.1, 0.15) is 10.4 Å². The first kappa shape index (κ1) is 11.1. The minimum absolute atomic E-state index is 0.640. The number of hydrogen-bond donors (Lipinski definition) is 2. The van der Waals surface area contributed by atoms with Crippen molar-refractivity contribution < 1.29 is 0 Å². The first-order valence-corrected chi connectivity index (χ1v) is 6.55. The maximum absolute atomic E-state index is 5.55. The van der Waals surface area contributed by atoms with Gasteiger partial charge in [0.15, 0.2) is 0 Å². The van der Waals surface area contributed by atoms with Crippen molar-refractivity contribution in [2.45, 2.75) is 44.4 Å². The van der Waals surface area contributed by atoms with E-state index < -0.39 is 0 Å². The Morgan fingerprint density at radius 3 is 2.73 bits per heavy atom. The van der Waals surface area contributed by atoms with Crippen LogP contribution < -0.4 is 5.73 Å². The maximum Gasteiger partial charge on any atom is 0.127 e. The number of imidazole rings is 1. The van der Waals surface area contributed by atoms with Gasteiger partial charge < -0.3 is 10.7 Å². The summed E-state index contributed by atoms with van der Waals surface area (Å²) in [6.45, 7) is 0.672. The Balaban J connectivity index is 2.10. The lowest BCUT2D eigenvalue weighted by Crippen LogP contribution is -2.07. The monoisotopic (exact) mass is 271 g/mol. The predicted molar refractivity (Wildman–Crippen MR) is 64.9 cm³/mol. The lowest BCUT2D eigenvalue weighted by atomic mass is 9.89. The number of aromatic amines is 1. The van der Waals surface area contributed by atoms with E-state index in [2.05, 4.69) is 25.9 Å². The van der Waals surface area contributed by atoms with Crippen molar-refractivity contribution in [2.75, 3.05) is 6.54 Å². The Kier molecular flexibility index (Phi) is 3.81. The van der Waals surface area contributed by atoms with Gasteiger partial charge >= 0.3 is 0 Å². The fourth-order valence-corrected chi connectivity index (χ4v) is 2.78. The summed E-state index contributed by atoms with van der Waals surface area (Å²) in [6.07, 6.45) is 7.50. The van der Waals surface area contributed by atoms with Crippen molar-refractivity contribution in [3.05, 3.63) is 16.1 Å². The van der Waals surface area contributed by atoms with Crippen LogP contribution in [0.1, 0.15) is 49.5 Å². The fourth-order valence-electron chi connectivity index (χ4n) is 2.29. The molecule has 0 aliphatic heterocycles. The summed E-state index contributed by atoms with van der Waals surface area (Å²) in [5, 5.41) is 0. The number of rotatable bonds is 3. The predicted octanol–water partition coefficient (Wildman–Crippen LogP) is 2.72. The van der Waals surface area contributed by atoms with Gasteiger partial charge in [-0.3, -0.25) is 0 Å². The molecule has 1 saturated carbocycles. The summed E-state index contributed by atoms with van der Waals surface area (Å²) in [5.41, 5.74) is 6.70. The van der Waals surface area contributed by atoms with Crippen LogP contribution in [0.15, 0.2) is 4.60 Å². The molecule has 2 rings (SSSR count). The van der Waals surface area contributed by atoms with E-state index in [1.54, 1.807) is 0 Å². The van der Waals surface area contributed by atoms with Crippen LogP contribution in [-0.4, -0.2) is 16.5 Å². The lowest BCUT2D eigenvalue weighted by Gasteiger charge is -2.19. The van der Waals surface area contributed by atoms with E-state index >= 15 is 0 Å². The van der Waals surface area contributed by atoms with E-state index in [0.717, 1.165) is 22.5 Å². The summed E-state index contributed by atoms with van der Waals surface area (Å²) >= 11 is 3.49. The van der Waals surface area contributed by atoms with Crippen molar-refractivity contribution in [2.24, 2.45) is 5.73 Å². The van der Waals surface area contributed by atoms with Gasteiger partial charge in [0.25, 0.3) is 0 Å². The Bertz CT molecular complexity index is 316. The number of H-pyrrole nitrogens is 1. The van der Waals surface area contributed by atoms with Crippen LogP contribution in [0.3, 0.4) is 0 Å². The molecule has 0 atom stereocenters. The zero-order chi connectivity index (χ0) is 10.7. The highest BCUT2D eigenvalue weighted by atomic mass is 79.9. The summed E-state index contributed by atoms with van der Waals surface area (Å²) < 4.78 is 0.952. The minimum Gasteiger partial charge on any atom is -0.345 e. The molecular formula is C11H18BrN3. The molecule has 1 fully saturated rings. The van der Waals surface area contributed by atoms with E-state index in [1.165, 1.54) is 32.1 Å². The van der Waals surface area contributed by atoms with Crippen LogP contribution in [0.4, 0.5) is 0 Å². The van der Waals surface area contributed by atoms with Crippen LogP contribution in [-0.2, 0) is 6.42 Å². The first-order valence-electron chi connectivity index (χ1n) is 5.75. The molecule has 0 saturated heterocycles. The van der Waals surface area contributed by atoms with Crippen LogP contribution >= 0.6 is 15.9 Å². The SMILES string of the molecule is NCCc1[nH]c(C2CCCCC2)nc1Br. The molecule has 0 bridgehead atoms. The van der Waals surface area contributed by atoms with Crippen molar-refractivity contribution in [3.63, 3.8) is 0 Å². The highest BCUT2D eigenvalue weighted by molar-refractivity contribution is 9.10. The van der Waals surface area contributed by atoms with E-state index in [-0.39, 0.29) is 0 Å². The molecule has 0 amide bonds. The number of nitrogens with two attached hydrogens (primary N) is 1. The van der Waals surface area contributed by atoms with E-state index in [1.807, 2.05) is 0 Å². The molecule has 0 unspecified atom stereocenters. The molecular weight excluding hydrogens is 254 g/mol. The number of halogens is 1. The van der Waals surface area contributed by atoms with E-state index in [4.69, 9.17) is 5.73 Å². The third-order valence-corrected chi connectivity index (χ3v) is 3.79. The average Bonchev–Trinajstić information content (AvgIpc) is 2.63. The molecule has 1 aliphatic rings. The molecule has 0 spiro atoms. The zero-order valence-corrected chi connectivity index (χ0v) is 10.5. The van der Waals surface area contributed by atoms with Crippen molar-refractivity contribution in [1.29, 1.82) is 0 Å². The standard InChI is InChI=1S/C11H18BrN3/c12-10-9(6-7-13)14-11(15-10)8-4-2-1-3-5-8/h8H,1-7,13H2,(H,14,15). The molecule has 84 valence electrons. The molecule has 3 nitrogen and oxygen atoms in total. The molecule has 1 heterocycles. The van der Waals surface area contributed by atoms with Crippen LogP contribution in [0.25, 0.3) is 0 Å². The third-order valence-electron chi connectivity index (χ3n) is 3.13. The molecule has 1 aromatic rings. The highest BCUT2D eigenvalue weighted by Crippen LogP contribution is 2.32. The van der Waals surface area contributed by atoms with E-state index in [9.17, 15) is 0 Å². The largest absolute Gasteiger partial charge is 0.345 e. The van der Waals surface area contributed by atoms with Crippen LogP contribution in [0.2, 0.25) is 0 Å². The minimum atomic E-state index is 0.640. The van der Waals surface area contributed by atoms with E-state index in [0.29, 0.717) is 12.5 Å². The maximum atomic E-state index is 5.55. The molecule has 15 heavy (non-hydrogen) atoms. The molecule has 0 radical (unpaired) electrons. The Morgan fingerprint density at radius 1 is 1.33 bits per heavy atom. The molecule has 3 N–H and O–H groups in total. The van der Waals surface area contributed by atoms with Gasteiger partial charge in [-0.1, -0.05) is 19.3 Å².